The van der Waals surface area contributed by atoms with Crippen LogP contribution in [0.4, 0.5) is 5.82 Å². The molecule has 0 saturated carbocycles. The fourth-order valence-corrected chi connectivity index (χ4v) is 1.01. The third kappa shape index (κ3) is 1.92. The van der Waals surface area contributed by atoms with Crippen molar-refractivity contribution in [2.45, 2.75) is 13.5 Å². The number of methoxy groups -OCH3 is 1. The number of anilines is 1. The zero-order valence-electron chi connectivity index (χ0n) is 6.97. The molecule has 0 fully saturated rings. The van der Waals surface area contributed by atoms with Crippen LogP contribution in [-0.4, -0.2) is 17.1 Å². The predicted molar refractivity (Wildman–Crippen MR) is 49.6 cm³/mol. The first-order valence-corrected chi connectivity index (χ1v) is 4.22. The van der Waals surface area contributed by atoms with Crippen LogP contribution >= 0.6 is 15.9 Å². The molecule has 0 radical (unpaired) electrons. The lowest BCUT2D eigenvalue weighted by atomic mass is 10.4. The molecule has 0 aliphatic rings. The molecule has 0 atom stereocenters. The second kappa shape index (κ2) is 3.82. The van der Waals surface area contributed by atoms with Gasteiger partial charge >= 0.3 is 0 Å². The quantitative estimate of drug-likeness (QED) is 0.834. The van der Waals surface area contributed by atoms with Crippen LogP contribution in [-0.2, 0) is 11.3 Å². The summed E-state index contributed by atoms with van der Waals surface area (Å²) in [4.78, 5) is 8.18. The van der Waals surface area contributed by atoms with Crippen LogP contribution in [0.3, 0.4) is 0 Å². The van der Waals surface area contributed by atoms with Crippen LogP contribution in [0, 0.1) is 6.92 Å². The highest BCUT2D eigenvalue weighted by Gasteiger charge is 2.05. The number of hydrogen-bond donors (Lipinski definition) is 1. The maximum absolute atomic E-state index is 5.60. The van der Waals surface area contributed by atoms with Crippen molar-refractivity contribution in [2.24, 2.45) is 0 Å². The fourth-order valence-electron chi connectivity index (χ4n) is 0.835. The molecular weight excluding hydrogens is 222 g/mol. The SMILES string of the molecule is COCc1nc(C)c(Br)c(N)n1. The molecule has 0 aromatic carbocycles. The first kappa shape index (κ1) is 9.41. The number of aryl methyl sites for hydroxylation is 1. The Hall–Kier alpha value is -0.680. The van der Waals surface area contributed by atoms with E-state index in [1.165, 1.54) is 0 Å². The molecule has 0 bridgehead atoms. The number of hydrogen-bond acceptors (Lipinski definition) is 4. The highest BCUT2D eigenvalue weighted by atomic mass is 79.9. The van der Waals surface area contributed by atoms with Gasteiger partial charge in [-0.3, -0.25) is 0 Å². The third-order valence-corrected chi connectivity index (χ3v) is 2.34. The summed E-state index contributed by atoms with van der Waals surface area (Å²) in [7, 11) is 1.59. The van der Waals surface area contributed by atoms with Gasteiger partial charge in [0.1, 0.15) is 12.4 Å². The molecule has 5 heteroatoms. The Morgan fingerprint density at radius 2 is 2.17 bits per heavy atom. The van der Waals surface area contributed by atoms with E-state index in [0.29, 0.717) is 18.2 Å². The van der Waals surface area contributed by atoms with Gasteiger partial charge in [-0.15, -0.1) is 0 Å². The van der Waals surface area contributed by atoms with Gasteiger partial charge in [-0.05, 0) is 22.9 Å². The van der Waals surface area contributed by atoms with Crippen molar-refractivity contribution < 1.29 is 4.74 Å². The number of ether oxygens (including phenoxy) is 1. The van der Waals surface area contributed by atoms with E-state index in [0.717, 1.165) is 10.2 Å². The summed E-state index contributed by atoms with van der Waals surface area (Å²) in [5, 5.41) is 0. The third-order valence-electron chi connectivity index (χ3n) is 1.36. The Bertz CT molecular complexity index is 267. The Kier molecular flexibility index (Phi) is 2.99. The van der Waals surface area contributed by atoms with Crippen molar-refractivity contribution in [3.63, 3.8) is 0 Å². The van der Waals surface area contributed by atoms with Crippen molar-refractivity contribution in [3.8, 4) is 0 Å². The molecule has 0 amide bonds. The molecule has 0 aliphatic carbocycles. The molecule has 1 aromatic rings. The summed E-state index contributed by atoms with van der Waals surface area (Å²) in [6, 6.07) is 0. The van der Waals surface area contributed by atoms with E-state index >= 15 is 0 Å². The lowest BCUT2D eigenvalue weighted by Gasteiger charge is -2.04. The van der Waals surface area contributed by atoms with E-state index in [1.54, 1.807) is 7.11 Å². The van der Waals surface area contributed by atoms with Gasteiger partial charge in [-0.2, -0.15) is 0 Å². The molecule has 66 valence electrons. The minimum absolute atomic E-state index is 0.387. The minimum Gasteiger partial charge on any atom is -0.383 e. The number of nitrogens with two attached hydrogens (primary N) is 1. The summed E-state index contributed by atoms with van der Waals surface area (Å²) in [5.74, 6) is 1.06. The van der Waals surface area contributed by atoms with Crippen LogP contribution in [0.1, 0.15) is 11.5 Å². The van der Waals surface area contributed by atoms with Gasteiger partial charge in [0.05, 0.1) is 10.2 Å². The Balaban J connectivity index is 3.04. The largest absolute Gasteiger partial charge is 0.383 e. The van der Waals surface area contributed by atoms with Gasteiger partial charge in [0.25, 0.3) is 0 Å². The van der Waals surface area contributed by atoms with Gasteiger partial charge in [0.2, 0.25) is 0 Å². The summed E-state index contributed by atoms with van der Waals surface area (Å²) in [6.45, 7) is 2.25. The molecule has 1 rings (SSSR count). The number of rotatable bonds is 2. The second-order valence-corrected chi connectivity index (χ2v) is 3.15. The summed E-state index contributed by atoms with van der Waals surface area (Å²) < 4.78 is 5.63. The lowest BCUT2D eigenvalue weighted by Crippen LogP contribution is -2.03. The topological polar surface area (TPSA) is 61.0 Å². The average Bonchev–Trinajstić information content (AvgIpc) is 2.01. The minimum atomic E-state index is 0.387. The molecule has 0 unspecified atom stereocenters. The van der Waals surface area contributed by atoms with E-state index in [4.69, 9.17) is 10.5 Å². The normalized spacial score (nSPS) is 10.2. The number of halogens is 1. The van der Waals surface area contributed by atoms with E-state index < -0.39 is 0 Å². The number of nitrogens with zero attached hydrogens (tertiary/aromatic N) is 2. The van der Waals surface area contributed by atoms with Crippen LogP contribution in [0.2, 0.25) is 0 Å². The van der Waals surface area contributed by atoms with Crippen LogP contribution in [0.25, 0.3) is 0 Å². The Morgan fingerprint density at radius 3 is 2.67 bits per heavy atom. The van der Waals surface area contributed by atoms with E-state index in [2.05, 4.69) is 25.9 Å². The molecule has 1 aromatic heterocycles. The van der Waals surface area contributed by atoms with Gasteiger partial charge in [-0.25, -0.2) is 9.97 Å². The van der Waals surface area contributed by atoms with Crippen LogP contribution in [0.5, 0.6) is 0 Å². The number of nitrogen functional groups attached to an aromatic ring is 1. The molecule has 0 aliphatic heterocycles. The highest BCUT2D eigenvalue weighted by Crippen LogP contribution is 2.19. The Labute approximate surface area is 79.3 Å². The summed E-state index contributed by atoms with van der Waals surface area (Å²) in [6.07, 6.45) is 0. The average molecular weight is 232 g/mol. The molecular formula is C7H10BrN3O. The van der Waals surface area contributed by atoms with Crippen molar-refractivity contribution in [2.75, 3.05) is 12.8 Å². The van der Waals surface area contributed by atoms with Gasteiger partial charge in [0.15, 0.2) is 5.82 Å². The molecule has 4 nitrogen and oxygen atoms in total. The Morgan fingerprint density at radius 1 is 1.50 bits per heavy atom. The zero-order valence-corrected chi connectivity index (χ0v) is 8.55. The summed E-state index contributed by atoms with van der Waals surface area (Å²) >= 11 is 3.27. The lowest BCUT2D eigenvalue weighted by molar-refractivity contribution is 0.177. The fraction of sp³-hybridized carbons (Fsp3) is 0.429. The smallest absolute Gasteiger partial charge is 0.156 e. The van der Waals surface area contributed by atoms with Crippen LogP contribution in [0.15, 0.2) is 4.47 Å². The monoisotopic (exact) mass is 231 g/mol. The van der Waals surface area contributed by atoms with Crippen molar-refractivity contribution in [1.29, 1.82) is 0 Å². The standard InChI is InChI=1S/C7H10BrN3O/c1-4-6(8)7(9)11-5(10-4)3-12-2/h3H2,1-2H3,(H2,9,10,11). The second-order valence-electron chi connectivity index (χ2n) is 2.36. The predicted octanol–water partition coefficient (Wildman–Crippen LogP) is 1.28. The zero-order chi connectivity index (χ0) is 9.14. The van der Waals surface area contributed by atoms with Gasteiger partial charge < -0.3 is 10.5 Å². The molecule has 12 heavy (non-hydrogen) atoms. The first-order valence-electron chi connectivity index (χ1n) is 3.42. The maximum atomic E-state index is 5.60. The van der Waals surface area contributed by atoms with Crippen LogP contribution < -0.4 is 5.73 Å². The van der Waals surface area contributed by atoms with Gasteiger partial charge in [-0.1, -0.05) is 0 Å². The first-order chi connectivity index (χ1) is 5.65. The molecule has 1 heterocycles. The van der Waals surface area contributed by atoms with Crippen molar-refractivity contribution >= 4 is 21.7 Å². The van der Waals surface area contributed by atoms with E-state index in [9.17, 15) is 0 Å². The molecule has 0 saturated heterocycles. The van der Waals surface area contributed by atoms with E-state index in [-0.39, 0.29) is 0 Å². The highest BCUT2D eigenvalue weighted by molar-refractivity contribution is 9.10. The summed E-state index contributed by atoms with van der Waals surface area (Å²) in [5.41, 5.74) is 6.43. The van der Waals surface area contributed by atoms with Crippen molar-refractivity contribution in [1.82, 2.24) is 9.97 Å². The van der Waals surface area contributed by atoms with Gasteiger partial charge in [0, 0.05) is 7.11 Å². The maximum Gasteiger partial charge on any atom is 0.156 e. The molecule has 2 N–H and O–H groups in total. The number of aromatic nitrogens is 2. The van der Waals surface area contributed by atoms with Crippen molar-refractivity contribution in [3.05, 3.63) is 16.0 Å². The van der Waals surface area contributed by atoms with E-state index in [1.807, 2.05) is 6.92 Å². The molecule has 0 spiro atoms.